The minimum Gasteiger partial charge on any atom is -0.300 e. The number of hydrogen-bond donors (Lipinski definition) is 0. The monoisotopic (exact) mass is 482 g/mol. The Balaban J connectivity index is 1.84. The summed E-state index contributed by atoms with van der Waals surface area (Å²) < 4.78 is 177. The second-order valence-corrected chi connectivity index (χ2v) is 7.99. The zero-order valence-electron chi connectivity index (χ0n) is 38.4. The van der Waals surface area contributed by atoms with Gasteiger partial charge in [-0.15, -0.1) is 0 Å². The van der Waals surface area contributed by atoms with Crippen molar-refractivity contribution in [3.8, 4) is 0 Å². The number of rotatable bonds is 3. The largest absolute Gasteiger partial charge is 0.300 e. The highest BCUT2D eigenvalue weighted by Gasteiger charge is 2.32. The first-order valence-corrected chi connectivity index (χ1v) is 10.9. The molecular weight excluding hydrogens is 436 g/mol. The molecule has 2 nitrogen and oxygen atoms in total. The predicted molar refractivity (Wildman–Crippen MR) is 149 cm³/mol. The number of imidazole rings is 1. The highest BCUT2D eigenvalue weighted by molar-refractivity contribution is 5.90. The van der Waals surface area contributed by atoms with E-state index in [1.54, 1.807) is 12.1 Å². The van der Waals surface area contributed by atoms with Gasteiger partial charge in [0, 0.05) is 17.1 Å². The van der Waals surface area contributed by atoms with Crippen molar-refractivity contribution < 1.29 is 27.4 Å². The maximum Gasteiger partial charge on any atom is 0.111 e. The molecule has 1 heterocycles. The van der Waals surface area contributed by atoms with Crippen LogP contribution in [0.1, 0.15) is 50.8 Å². The Kier molecular flexibility index (Phi) is 2.07. The molecule has 0 fully saturated rings. The fraction of sp³-hybridized carbons (Fsp3) is 0.0882. The maximum atomic E-state index is 9.93. The van der Waals surface area contributed by atoms with Gasteiger partial charge in [0.2, 0.25) is 0 Å². The van der Waals surface area contributed by atoms with Gasteiger partial charge in [-0.25, -0.2) is 4.98 Å². The average Bonchev–Trinajstić information content (AvgIpc) is 3.55. The van der Waals surface area contributed by atoms with Crippen LogP contribution >= 0.6 is 0 Å². The molecule has 0 radical (unpaired) electrons. The van der Waals surface area contributed by atoms with E-state index in [0.717, 1.165) is 4.57 Å². The molecule has 2 aliphatic rings. The van der Waals surface area contributed by atoms with Gasteiger partial charge in [0.25, 0.3) is 0 Å². The van der Waals surface area contributed by atoms with Crippen LogP contribution in [-0.4, -0.2) is 9.55 Å². The summed E-state index contributed by atoms with van der Waals surface area (Å²) in [5.41, 5.74) is -3.02. The van der Waals surface area contributed by atoms with Crippen molar-refractivity contribution in [1.82, 2.24) is 9.55 Å². The SMILES string of the molecule is [2H]C1=C2C(c3c([2H])c([2H])c([2H])c([2H])c3[2H])=c3c([2H])c([2H])c([2H])c([2H])c3=C(c3c([2H])c([2H])c([2H])c([2H])c3[2H])C2C([2H])C(n2c(C([2H])([2H])[2H])nc3ccccc32)=C1[2H]. The first-order chi connectivity index (χ1) is 26.1. The van der Waals surface area contributed by atoms with Crippen LogP contribution in [0.5, 0.6) is 0 Å². The summed E-state index contributed by atoms with van der Waals surface area (Å²) in [7, 11) is 0. The Morgan fingerprint density at radius 1 is 0.833 bits per heavy atom. The molecule has 2 heteroatoms. The van der Waals surface area contributed by atoms with Crippen molar-refractivity contribution in [1.29, 1.82) is 0 Å². The number of nitrogens with zero attached hydrogens (tertiary/aromatic N) is 2. The van der Waals surface area contributed by atoms with E-state index in [9.17, 15) is 5.48 Å². The summed E-state index contributed by atoms with van der Waals surface area (Å²) in [6, 6.07) is -7.44. The van der Waals surface area contributed by atoms with Crippen molar-refractivity contribution in [3.05, 3.63) is 154 Å². The summed E-state index contributed by atoms with van der Waals surface area (Å²) in [6.45, 7) is -2.97. The topological polar surface area (TPSA) is 17.8 Å². The zero-order chi connectivity index (χ0) is 41.4. The fourth-order valence-corrected chi connectivity index (χ4v) is 4.63. The van der Waals surface area contributed by atoms with E-state index < -0.39 is 166 Å². The summed E-state index contributed by atoms with van der Waals surface area (Å²) >= 11 is 0. The van der Waals surface area contributed by atoms with Crippen LogP contribution in [0.25, 0.3) is 27.9 Å². The van der Waals surface area contributed by atoms with Crippen molar-refractivity contribution in [2.45, 2.75) is 13.2 Å². The molecule has 0 saturated carbocycles. The molecule has 0 aliphatic heterocycles. The van der Waals surface area contributed by atoms with Gasteiger partial charge in [-0.3, -0.25) is 0 Å². The molecular formula is C34H26N2. The third-order valence-electron chi connectivity index (χ3n) is 6.07. The van der Waals surface area contributed by atoms with Crippen LogP contribution in [-0.2, 0) is 0 Å². The molecule has 0 amide bonds. The number of fused-ring (bicyclic) bond motifs is 3. The lowest BCUT2D eigenvalue weighted by Gasteiger charge is -2.33. The Morgan fingerprint density at radius 3 is 2.31 bits per heavy atom. The lowest BCUT2D eigenvalue weighted by molar-refractivity contribution is 0.774. The Bertz CT molecular complexity index is 2770. The van der Waals surface area contributed by atoms with Crippen LogP contribution in [0.15, 0.2) is 127 Å². The highest BCUT2D eigenvalue weighted by atomic mass is 15.1. The molecule has 0 N–H and O–H groups in total. The van der Waals surface area contributed by atoms with Crippen LogP contribution < -0.4 is 10.4 Å². The second-order valence-electron chi connectivity index (χ2n) is 7.99. The van der Waals surface area contributed by atoms with Gasteiger partial charge in [0.1, 0.15) is 5.82 Å². The average molecular weight is 483 g/mol. The molecule has 4 aromatic carbocycles. The van der Waals surface area contributed by atoms with Crippen molar-refractivity contribution in [3.63, 3.8) is 0 Å². The predicted octanol–water partition coefficient (Wildman–Crippen LogP) is 6.24. The number of para-hydroxylation sites is 2. The summed E-state index contributed by atoms with van der Waals surface area (Å²) in [6.07, 6.45) is -2.00. The van der Waals surface area contributed by atoms with Gasteiger partial charge >= 0.3 is 0 Å². The molecule has 2 aliphatic carbocycles. The molecule has 0 bridgehead atoms. The molecule has 5 aromatic rings. The minimum absolute atomic E-state index is 0.101. The van der Waals surface area contributed by atoms with Crippen molar-refractivity contribution >= 4 is 27.9 Å². The van der Waals surface area contributed by atoms with Crippen molar-refractivity contribution in [2.24, 2.45) is 5.92 Å². The molecule has 36 heavy (non-hydrogen) atoms. The van der Waals surface area contributed by atoms with Gasteiger partial charge in [-0.1, -0.05) is 103 Å². The normalized spacial score (nSPS) is 27.7. The Morgan fingerprint density at radius 2 is 1.53 bits per heavy atom. The van der Waals surface area contributed by atoms with Crippen LogP contribution in [0.2, 0.25) is 0 Å². The van der Waals surface area contributed by atoms with E-state index in [1.165, 1.54) is 12.1 Å². The zero-order valence-corrected chi connectivity index (χ0v) is 18.4. The Hall–Kier alpha value is -4.43. The molecule has 0 saturated heterocycles. The summed E-state index contributed by atoms with van der Waals surface area (Å²) in [5.74, 6) is -2.47. The van der Waals surface area contributed by atoms with Gasteiger partial charge in [0.15, 0.2) is 0 Å². The molecule has 1 aromatic heterocycles. The fourth-order valence-electron chi connectivity index (χ4n) is 4.63. The number of aryl methyl sites for hydroxylation is 1. The summed E-state index contributed by atoms with van der Waals surface area (Å²) in [5, 5.41) is -1.11. The smallest absolute Gasteiger partial charge is 0.111 e. The second kappa shape index (κ2) is 8.35. The first-order valence-electron chi connectivity index (χ1n) is 21.0. The first kappa shape index (κ1) is 8.90. The number of hydrogen-bond acceptors (Lipinski definition) is 1. The summed E-state index contributed by atoms with van der Waals surface area (Å²) in [4.78, 5) is 4.26. The molecule has 7 rings (SSSR count). The van der Waals surface area contributed by atoms with Gasteiger partial charge < -0.3 is 4.57 Å². The van der Waals surface area contributed by atoms with E-state index in [0.29, 0.717) is 0 Å². The van der Waals surface area contributed by atoms with Gasteiger partial charge in [0.05, 0.1) is 33.0 Å². The Labute approximate surface area is 239 Å². The number of aromatic nitrogens is 2. The van der Waals surface area contributed by atoms with Gasteiger partial charge in [-0.05, 0) is 69.7 Å². The van der Waals surface area contributed by atoms with Crippen LogP contribution in [0.4, 0.5) is 0 Å². The third kappa shape index (κ3) is 3.22. The molecule has 0 spiro atoms. The standard InChI is InChI=1S/C34H26N2/c1-23-35-31-18-10-11-19-32(31)36(23)26-20-21-29-30(22-26)34(25-14-6-3-7-15-25)28-17-9-8-16-27(28)33(29)24-12-4-2-5-13-24/h2-21,30H,22H2,1H3/i1D3,2D,3D,4D,5D,6D,7D,8D,9D,12D,13D,14D,15D,16D,17D,20D,21D,22D. The quantitative estimate of drug-likeness (QED) is 0.297. The highest BCUT2D eigenvalue weighted by Crippen LogP contribution is 2.43. The van der Waals surface area contributed by atoms with Crippen LogP contribution in [0.3, 0.4) is 0 Å². The third-order valence-corrected chi connectivity index (χ3v) is 6.07. The van der Waals surface area contributed by atoms with E-state index in [1.807, 2.05) is 0 Å². The van der Waals surface area contributed by atoms with Gasteiger partial charge in [-0.2, -0.15) is 0 Å². The molecule has 2 unspecified atom stereocenters. The number of allylic oxidation sites excluding steroid dienone is 4. The maximum absolute atomic E-state index is 9.93. The lowest BCUT2D eigenvalue weighted by Crippen LogP contribution is -2.38. The lowest BCUT2D eigenvalue weighted by atomic mass is 9.72. The van der Waals surface area contributed by atoms with Crippen molar-refractivity contribution in [2.75, 3.05) is 0 Å². The number of benzene rings is 4. The van der Waals surface area contributed by atoms with E-state index in [-0.39, 0.29) is 11.0 Å². The van der Waals surface area contributed by atoms with Crippen LogP contribution in [0, 0.1) is 12.8 Å². The minimum atomic E-state index is -2.97. The van der Waals surface area contributed by atoms with E-state index in [2.05, 4.69) is 4.98 Å². The molecule has 172 valence electrons. The van der Waals surface area contributed by atoms with E-state index >= 15 is 0 Å². The molecule has 2 atom stereocenters. The van der Waals surface area contributed by atoms with E-state index in [4.69, 9.17) is 21.9 Å².